The van der Waals surface area contributed by atoms with Crippen LogP contribution in [0.15, 0.2) is 36.4 Å². The number of piperidine rings is 2. The number of rotatable bonds is 6. The predicted molar refractivity (Wildman–Crippen MR) is 159 cm³/mol. The van der Waals surface area contributed by atoms with Crippen molar-refractivity contribution < 1.29 is 0 Å². The van der Waals surface area contributed by atoms with Crippen LogP contribution < -0.4 is 20.4 Å². The number of anilines is 3. The van der Waals surface area contributed by atoms with Gasteiger partial charge < -0.3 is 20.4 Å². The molecule has 6 nitrogen and oxygen atoms in total. The zero-order valence-corrected chi connectivity index (χ0v) is 23.5. The van der Waals surface area contributed by atoms with Crippen molar-refractivity contribution in [2.75, 3.05) is 47.8 Å². The molecule has 2 saturated heterocycles. The van der Waals surface area contributed by atoms with Crippen LogP contribution in [0.2, 0.25) is 0 Å². The van der Waals surface area contributed by atoms with Crippen molar-refractivity contribution in [2.45, 2.75) is 77.0 Å². The van der Waals surface area contributed by atoms with Gasteiger partial charge in [0.2, 0.25) is 5.95 Å². The predicted octanol–water partition coefficient (Wildman–Crippen LogP) is 6.14. The molecule has 0 radical (unpaired) electrons. The van der Waals surface area contributed by atoms with E-state index >= 15 is 0 Å². The molecular formula is C30H44N6S. The standard InChI is InChI=1S/C30H44N6S/c1-23-11-9-17-35(20-23)26-19-27(36-18-10-12-24(2)21-36)33-28(32-26)34-29(37)31-22-30(15-7-4-8-16-30)25-13-5-3-6-14-25/h3,5-6,13-14,19,23-24H,4,7-12,15-18,20-22H2,1-2H3,(H2,31,32,33,34,37). The summed E-state index contributed by atoms with van der Waals surface area (Å²) in [6.07, 6.45) is 11.3. The monoisotopic (exact) mass is 520 g/mol. The number of benzene rings is 1. The molecule has 1 saturated carbocycles. The minimum Gasteiger partial charge on any atom is -0.361 e. The summed E-state index contributed by atoms with van der Waals surface area (Å²) in [7, 11) is 0. The van der Waals surface area contributed by atoms with Gasteiger partial charge in [0.15, 0.2) is 5.11 Å². The molecule has 0 spiro atoms. The average molecular weight is 521 g/mol. The Kier molecular flexibility index (Phi) is 8.48. The highest BCUT2D eigenvalue weighted by atomic mass is 32.1. The molecule has 1 aromatic heterocycles. The number of nitrogens with zero attached hydrogens (tertiary/aromatic N) is 4. The lowest BCUT2D eigenvalue weighted by Crippen LogP contribution is -2.43. The highest BCUT2D eigenvalue weighted by molar-refractivity contribution is 7.80. The zero-order valence-electron chi connectivity index (χ0n) is 22.7. The summed E-state index contributed by atoms with van der Waals surface area (Å²) >= 11 is 5.81. The summed E-state index contributed by atoms with van der Waals surface area (Å²) in [6.45, 7) is 9.73. The Morgan fingerprint density at radius 2 is 1.49 bits per heavy atom. The Hall–Kier alpha value is -2.41. The second-order valence-corrected chi connectivity index (χ2v) is 12.2. The highest BCUT2D eigenvalue weighted by Gasteiger charge is 2.34. The summed E-state index contributed by atoms with van der Waals surface area (Å²) in [5.41, 5.74) is 1.55. The van der Waals surface area contributed by atoms with E-state index in [0.717, 1.165) is 44.4 Å². The molecule has 2 aromatic rings. The smallest absolute Gasteiger partial charge is 0.232 e. The van der Waals surface area contributed by atoms with Crippen molar-refractivity contribution in [2.24, 2.45) is 11.8 Å². The number of thiocarbonyl (C=S) groups is 1. The van der Waals surface area contributed by atoms with Crippen molar-refractivity contribution in [1.82, 2.24) is 15.3 Å². The van der Waals surface area contributed by atoms with Crippen molar-refractivity contribution in [1.29, 1.82) is 0 Å². The normalized spacial score (nSPS) is 23.9. The Labute approximate surface area is 228 Å². The van der Waals surface area contributed by atoms with Crippen molar-refractivity contribution in [3.05, 3.63) is 42.0 Å². The molecule has 1 aromatic carbocycles. The first-order valence-electron chi connectivity index (χ1n) is 14.5. The van der Waals surface area contributed by atoms with Crippen LogP contribution in [0.1, 0.15) is 77.2 Å². The summed E-state index contributed by atoms with van der Waals surface area (Å²) in [6, 6.07) is 13.2. The van der Waals surface area contributed by atoms with E-state index in [2.05, 4.69) is 70.7 Å². The third-order valence-electron chi connectivity index (χ3n) is 8.67. The number of aromatic nitrogens is 2. The Morgan fingerprint density at radius 1 is 0.892 bits per heavy atom. The van der Waals surface area contributed by atoms with Crippen molar-refractivity contribution in [3.63, 3.8) is 0 Å². The fourth-order valence-electron chi connectivity index (χ4n) is 6.58. The van der Waals surface area contributed by atoms with Crippen LogP contribution in [-0.2, 0) is 5.41 Å². The lowest BCUT2D eigenvalue weighted by molar-refractivity contribution is 0.292. The second kappa shape index (κ2) is 12.0. The van der Waals surface area contributed by atoms with Gasteiger partial charge in [0.1, 0.15) is 11.6 Å². The van der Waals surface area contributed by atoms with Gasteiger partial charge in [-0.25, -0.2) is 0 Å². The van der Waals surface area contributed by atoms with Crippen LogP contribution in [0.25, 0.3) is 0 Å². The molecule has 200 valence electrons. The van der Waals surface area contributed by atoms with Gasteiger partial charge in [-0.3, -0.25) is 0 Å². The van der Waals surface area contributed by atoms with Crippen molar-refractivity contribution >= 4 is 34.9 Å². The molecule has 3 fully saturated rings. The van der Waals surface area contributed by atoms with E-state index in [1.54, 1.807) is 0 Å². The van der Waals surface area contributed by atoms with Crippen LogP contribution in [0.4, 0.5) is 17.6 Å². The van der Waals surface area contributed by atoms with Crippen LogP contribution in [0.5, 0.6) is 0 Å². The Balaban J connectivity index is 1.33. The molecule has 37 heavy (non-hydrogen) atoms. The first kappa shape index (κ1) is 26.2. The third kappa shape index (κ3) is 6.54. The maximum absolute atomic E-state index is 5.81. The Morgan fingerprint density at radius 3 is 2.05 bits per heavy atom. The average Bonchev–Trinajstić information content (AvgIpc) is 2.93. The van der Waals surface area contributed by atoms with Crippen molar-refractivity contribution in [3.8, 4) is 0 Å². The summed E-state index contributed by atoms with van der Waals surface area (Å²) in [5.74, 6) is 4.03. The molecule has 0 bridgehead atoms. The van der Waals surface area contributed by atoms with Gasteiger partial charge in [-0.2, -0.15) is 9.97 Å². The highest BCUT2D eigenvalue weighted by Crippen LogP contribution is 2.39. The maximum atomic E-state index is 5.81. The third-order valence-corrected chi connectivity index (χ3v) is 8.92. The van der Waals surface area contributed by atoms with E-state index < -0.39 is 0 Å². The summed E-state index contributed by atoms with van der Waals surface area (Å²) < 4.78 is 0. The topological polar surface area (TPSA) is 56.3 Å². The minimum absolute atomic E-state index is 0.132. The molecule has 2 unspecified atom stereocenters. The van der Waals surface area contributed by atoms with E-state index in [1.807, 2.05) is 0 Å². The summed E-state index contributed by atoms with van der Waals surface area (Å²) in [4.78, 5) is 14.8. The molecule has 1 aliphatic carbocycles. The van der Waals surface area contributed by atoms with Gasteiger partial charge in [0.25, 0.3) is 0 Å². The fraction of sp³-hybridized carbons (Fsp3) is 0.633. The van der Waals surface area contributed by atoms with E-state index in [9.17, 15) is 0 Å². The van der Waals surface area contributed by atoms with Crippen LogP contribution in [0.3, 0.4) is 0 Å². The molecular weight excluding hydrogens is 476 g/mol. The number of hydrogen-bond donors (Lipinski definition) is 2. The van der Waals surface area contributed by atoms with Gasteiger partial charge >= 0.3 is 0 Å². The van der Waals surface area contributed by atoms with Gasteiger partial charge in [-0.05, 0) is 68.1 Å². The van der Waals surface area contributed by atoms with Crippen LogP contribution in [-0.4, -0.2) is 47.8 Å². The first-order valence-corrected chi connectivity index (χ1v) is 14.9. The zero-order chi connectivity index (χ0) is 25.7. The van der Waals surface area contributed by atoms with Gasteiger partial charge in [0, 0.05) is 44.2 Å². The summed E-state index contributed by atoms with van der Waals surface area (Å²) in [5, 5.41) is 7.56. The van der Waals surface area contributed by atoms with Crippen LogP contribution in [0, 0.1) is 11.8 Å². The Bertz CT molecular complexity index is 997. The lowest BCUT2D eigenvalue weighted by atomic mass is 9.69. The van der Waals surface area contributed by atoms with E-state index in [-0.39, 0.29) is 5.41 Å². The molecule has 5 rings (SSSR count). The quantitative estimate of drug-likeness (QED) is 0.444. The molecule has 3 aliphatic rings. The molecule has 0 amide bonds. The van der Waals surface area contributed by atoms with Gasteiger partial charge in [0.05, 0.1) is 0 Å². The fourth-order valence-corrected chi connectivity index (χ4v) is 6.74. The molecule has 7 heteroatoms. The second-order valence-electron chi connectivity index (χ2n) is 11.8. The van der Waals surface area contributed by atoms with Gasteiger partial charge in [-0.1, -0.05) is 63.4 Å². The molecule has 2 N–H and O–H groups in total. The van der Waals surface area contributed by atoms with E-state index in [4.69, 9.17) is 22.2 Å². The molecule has 2 aliphatic heterocycles. The van der Waals surface area contributed by atoms with E-state index in [1.165, 1.54) is 63.4 Å². The van der Waals surface area contributed by atoms with Crippen LogP contribution >= 0.6 is 12.2 Å². The minimum atomic E-state index is 0.132. The molecule has 2 atom stereocenters. The lowest BCUT2D eigenvalue weighted by Gasteiger charge is -2.38. The SMILES string of the molecule is CC1CCCN(c2cc(N3CCCC(C)C3)nc(NC(=S)NCC3(c4ccccc4)CCCCC3)n2)C1. The number of hydrogen-bond acceptors (Lipinski definition) is 5. The van der Waals surface area contributed by atoms with E-state index in [0.29, 0.717) is 22.9 Å². The molecule has 3 heterocycles. The van der Waals surface area contributed by atoms with Gasteiger partial charge in [-0.15, -0.1) is 0 Å². The number of nitrogens with one attached hydrogen (secondary N) is 2. The largest absolute Gasteiger partial charge is 0.361 e. The maximum Gasteiger partial charge on any atom is 0.232 e. The first-order chi connectivity index (χ1) is 18.0.